The Labute approximate surface area is 641 Å². The lowest BCUT2D eigenvalue weighted by Crippen LogP contribution is -2.41. The molecule has 7 aromatic carbocycles. The van der Waals surface area contributed by atoms with Crippen molar-refractivity contribution in [1.82, 2.24) is 0 Å². The summed E-state index contributed by atoms with van der Waals surface area (Å²) in [5.74, 6) is 0.257. The number of rotatable bonds is 39. The van der Waals surface area contributed by atoms with Crippen LogP contribution in [-0.2, 0) is 70.2 Å². The summed E-state index contributed by atoms with van der Waals surface area (Å²) < 4.78 is 74.3. The number of benzene rings is 7. The SMILES string of the molecule is CCCCCCC(CCCCCC)Cc1c(C#N)c2cc(Br)ccc2c2ccc(Br)cc12.CCOC(=O)c1cc(C2(c3ccc(COCCOCCOCCO)c(C(C)=O)c3)c3cc(B4OC(C)(C)C(C)(C)O4)ccc3-c3ccc(B4OC(C)(C)C(C)(C)O4)cc32)ccc1OCCOCCOCCOC. The van der Waals surface area contributed by atoms with Crippen molar-refractivity contribution in [2.24, 2.45) is 5.92 Å². The van der Waals surface area contributed by atoms with Crippen LogP contribution in [0, 0.1) is 17.2 Å². The van der Waals surface area contributed by atoms with Gasteiger partial charge in [-0.15, -0.1) is 0 Å². The van der Waals surface area contributed by atoms with Crippen LogP contribution in [0.25, 0.3) is 32.7 Å². The molecule has 0 amide bonds. The van der Waals surface area contributed by atoms with Crippen molar-refractivity contribution < 1.29 is 71.2 Å². The topological polar surface area (TPSA) is 189 Å². The minimum atomic E-state index is -1.20. The molecule has 0 radical (unpaired) electrons. The van der Waals surface area contributed by atoms with Crippen LogP contribution in [-0.4, -0.2) is 146 Å². The average Bonchev–Trinajstić information content (AvgIpc) is 1.54. The van der Waals surface area contributed by atoms with E-state index in [0.717, 1.165) is 65.1 Å². The highest BCUT2D eigenvalue weighted by atomic mass is 79.9. The molecule has 105 heavy (non-hydrogen) atoms. The third kappa shape index (κ3) is 20.0. The molecule has 0 unspecified atom stereocenters. The number of halogens is 2. The number of unbranched alkanes of at least 4 members (excludes halogenated alkanes) is 6. The van der Waals surface area contributed by atoms with E-state index in [0.29, 0.717) is 74.6 Å². The number of aliphatic hydroxyl groups excluding tert-OH is 1. The molecular weight excluding hydrogens is 1460 g/mol. The van der Waals surface area contributed by atoms with Crippen LogP contribution in [0.4, 0.5) is 0 Å². The van der Waals surface area contributed by atoms with E-state index in [4.69, 9.17) is 61.6 Å². The van der Waals surface area contributed by atoms with Crippen LogP contribution in [0.3, 0.4) is 0 Å². The first-order valence-electron chi connectivity index (χ1n) is 37.7. The second kappa shape index (κ2) is 38.5. The molecular formula is C85H109B2Br2NO15. The fourth-order valence-electron chi connectivity index (χ4n) is 14.2. The van der Waals surface area contributed by atoms with Crippen molar-refractivity contribution >= 4 is 90.3 Å². The number of carbonyl (C=O) groups excluding carboxylic acids is 2. The minimum absolute atomic E-state index is 0.0502. The van der Waals surface area contributed by atoms with E-state index < -0.39 is 48.0 Å². The van der Waals surface area contributed by atoms with E-state index in [2.05, 4.69) is 112 Å². The number of methoxy groups -OCH3 is 1. The Bertz CT molecular complexity index is 3990. The quantitative estimate of drug-likeness (QED) is 0.0126. The van der Waals surface area contributed by atoms with Gasteiger partial charge in [-0.1, -0.05) is 177 Å². The van der Waals surface area contributed by atoms with Gasteiger partial charge in [-0.05, 0) is 196 Å². The molecule has 1 aliphatic carbocycles. The lowest BCUT2D eigenvalue weighted by atomic mass is 9.64. The Morgan fingerprint density at radius 3 is 1.50 bits per heavy atom. The Morgan fingerprint density at radius 2 is 1.01 bits per heavy atom. The van der Waals surface area contributed by atoms with Crippen LogP contribution in [0.5, 0.6) is 5.75 Å². The number of nitriles is 1. The zero-order valence-electron chi connectivity index (χ0n) is 64.2. The van der Waals surface area contributed by atoms with Crippen molar-refractivity contribution in [3.05, 3.63) is 168 Å². The molecule has 0 saturated carbocycles. The number of ether oxygens (including phenoxy) is 8. The van der Waals surface area contributed by atoms with Crippen LogP contribution in [0.2, 0.25) is 0 Å². The number of carbonyl (C=O) groups is 2. The van der Waals surface area contributed by atoms with Gasteiger partial charge in [0.15, 0.2) is 5.78 Å². The number of aliphatic hydroxyl groups is 1. The highest BCUT2D eigenvalue weighted by molar-refractivity contribution is 9.10. The second-order valence-corrected chi connectivity index (χ2v) is 31.4. The number of hydrogen-bond acceptors (Lipinski definition) is 16. The smallest absolute Gasteiger partial charge is 0.490 e. The van der Waals surface area contributed by atoms with E-state index in [9.17, 15) is 14.9 Å². The average molecular weight is 1570 g/mol. The van der Waals surface area contributed by atoms with Gasteiger partial charge < -0.3 is 61.6 Å². The molecule has 0 spiro atoms. The maximum Gasteiger partial charge on any atom is 0.494 e. The third-order valence-electron chi connectivity index (χ3n) is 21.3. The third-order valence-corrected chi connectivity index (χ3v) is 22.3. The lowest BCUT2D eigenvalue weighted by Gasteiger charge is -2.35. The number of fused-ring (bicyclic) bond motifs is 6. The molecule has 2 saturated heterocycles. The molecule has 10 rings (SSSR count). The highest BCUT2D eigenvalue weighted by Crippen LogP contribution is 2.57. The van der Waals surface area contributed by atoms with Crippen LogP contribution >= 0.6 is 31.9 Å². The van der Waals surface area contributed by atoms with Crippen LogP contribution in [0.1, 0.15) is 207 Å². The molecule has 1 N–H and O–H groups in total. The van der Waals surface area contributed by atoms with Gasteiger partial charge in [-0.25, -0.2) is 4.79 Å². The van der Waals surface area contributed by atoms with Gasteiger partial charge in [0.1, 0.15) is 24.0 Å². The number of Topliss-reactive ketones (excluding diaryl/α,β-unsaturated/α-hetero) is 1. The minimum Gasteiger partial charge on any atom is -0.490 e. The summed E-state index contributed by atoms with van der Waals surface area (Å²) >= 11 is 7.31. The first-order chi connectivity index (χ1) is 50.4. The Hall–Kier alpha value is -5.86. The van der Waals surface area contributed by atoms with Gasteiger partial charge in [0, 0.05) is 27.0 Å². The van der Waals surface area contributed by atoms with E-state index in [1.165, 1.54) is 85.9 Å². The first-order valence-corrected chi connectivity index (χ1v) is 39.3. The summed E-state index contributed by atoms with van der Waals surface area (Å²) in [7, 11) is 0.218. The number of nitrogens with zero attached hydrogens (tertiary/aromatic N) is 1. The number of hydrogen-bond donors (Lipinski definition) is 1. The predicted octanol–water partition coefficient (Wildman–Crippen LogP) is 17.1. The van der Waals surface area contributed by atoms with Gasteiger partial charge in [-0.3, -0.25) is 4.79 Å². The molecule has 3 aliphatic rings. The van der Waals surface area contributed by atoms with Crippen molar-refractivity contribution in [3.63, 3.8) is 0 Å². The van der Waals surface area contributed by atoms with Crippen LogP contribution in [0.15, 0.2) is 118 Å². The molecule has 2 fully saturated rings. The predicted molar refractivity (Wildman–Crippen MR) is 425 cm³/mol. The maximum atomic E-state index is 14.2. The fraction of sp³-hybridized carbons (Fsp3) is 0.518. The fourth-order valence-corrected chi connectivity index (χ4v) is 15.0. The molecule has 0 bridgehead atoms. The van der Waals surface area contributed by atoms with Crippen molar-refractivity contribution in [1.29, 1.82) is 5.26 Å². The molecule has 2 heterocycles. The summed E-state index contributed by atoms with van der Waals surface area (Å²) in [4.78, 5) is 28.2. The maximum absolute atomic E-state index is 14.2. The van der Waals surface area contributed by atoms with Gasteiger partial charge in [-0.2, -0.15) is 5.26 Å². The van der Waals surface area contributed by atoms with E-state index in [1.807, 2.05) is 97.9 Å². The monoisotopic (exact) mass is 1560 g/mol. The van der Waals surface area contributed by atoms with E-state index in [-0.39, 0.29) is 57.6 Å². The standard InChI is InChI=1S/C56H74B2O15.C29H35Br2N/c1-12-68-51(61)47-34-41(15-20-50(47)69-32-31-66-28-27-64-24-23-62-11)56(40-14-13-39(46(33-40)38(2)60)37-67-30-29-65-26-25-63-22-21-59)48-35-42(57-70-52(3,4)53(5,6)71-57)16-18-44(48)45-19-17-43(36-49(45)56)58-72-54(7,8)55(9,10)73-58;1-3-5-7-9-11-21(12-10-8-6-4-2)17-26-27-18-22(30)13-15-24(27)25-16-14-23(31)19-28(25)29(26)20-32/h13-20,33-36,59H,12,21-32,37H2,1-11H3;13-16,18-19,21H,3-12,17H2,1-2H3. The molecule has 2 aliphatic heterocycles. The normalized spacial score (nSPS) is 15.8. The molecule has 0 aromatic heterocycles. The summed E-state index contributed by atoms with van der Waals surface area (Å²) in [5.41, 5.74) is 6.55. The van der Waals surface area contributed by atoms with Gasteiger partial charge >= 0.3 is 20.2 Å². The molecule has 0 atom stereocenters. The lowest BCUT2D eigenvalue weighted by molar-refractivity contribution is 0.00443. The second-order valence-electron chi connectivity index (χ2n) is 29.6. The van der Waals surface area contributed by atoms with Crippen molar-refractivity contribution in [2.45, 2.75) is 188 Å². The zero-order chi connectivity index (χ0) is 75.5. The summed E-state index contributed by atoms with van der Waals surface area (Å²) in [6, 6.07) is 39.6. The summed E-state index contributed by atoms with van der Waals surface area (Å²) in [6.07, 6.45) is 14.0. The molecule has 564 valence electrons. The van der Waals surface area contributed by atoms with E-state index >= 15 is 0 Å². The van der Waals surface area contributed by atoms with Crippen LogP contribution < -0.4 is 15.7 Å². The zero-order valence-corrected chi connectivity index (χ0v) is 67.3. The summed E-state index contributed by atoms with van der Waals surface area (Å²) in [5, 5.41) is 24.0. The van der Waals surface area contributed by atoms with Gasteiger partial charge in [0.2, 0.25) is 0 Å². The highest BCUT2D eigenvalue weighted by Gasteiger charge is 2.55. The van der Waals surface area contributed by atoms with Crippen molar-refractivity contribution in [2.75, 3.05) is 93.0 Å². The largest absolute Gasteiger partial charge is 0.494 e. The Morgan fingerprint density at radius 1 is 0.533 bits per heavy atom. The molecule has 20 heteroatoms. The number of esters is 1. The number of ketones is 1. The first kappa shape index (κ1) is 83.2. The van der Waals surface area contributed by atoms with Crippen molar-refractivity contribution in [3.8, 4) is 22.9 Å². The van der Waals surface area contributed by atoms with Gasteiger partial charge in [0.25, 0.3) is 0 Å². The van der Waals surface area contributed by atoms with E-state index in [1.54, 1.807) is 27.0 Å². The Balaban J connectivity index is 0.000000332. The Kier molecular flexibility index (Phi) is 30.5. The molecule has 16 nitrogen and oxygen atoms in total. The van der Waals surface area contributed by atoms with Gasteiger partial charge in [0.05, 0.1) is 119 Å². The summed E-state index contributed by atoms with van der Waals surface area (Å²) in [6.45, 7) is 28.1. The molecule has 7 aromatic rings.